The van der Waals surface area contributed by atoms with Crippen molar-refractivity contribution >= 4 is 5.97 Å². The Hall–Kier alpha value is -1.70. The first-order valence-corrected chi connectivity index (χ1v) is 5.42. The van der Waals surface area contributed by atoms with Crippen molar-refractivity contribution in [1.29, 1.82) is 0 Å². The van der Waals surface area contributed by atoms with E-state index in [0.717, 1.165) is 0 Å². The van der Waals surface area contributed by atoms with E-state index >= 15 is 0 Å². The number of alkyl halides is 3. The molecule has 0 aliphatic heterocycles. The summed E-state index contributed by atoms with van der Waals surface area (Å²) in [6.07, 6.45) is -4.27. The van der Waals surface area contributed by atoms with Gasteiger partial charge in [-0.15, -0.1) is 0 Å². The molecule has 0 aromatic carbocycles. The van der Waals surface area contributed by atoms with Gasteiger partial charge in [0.1, 0.15) is 18.0 Å². The van der Waals surface area contributed by atoms with Crippen LogP contribution < -0.4 is 0 Å². The van der Waals surface area contributed by atoms with Crippen LogP contribution in [0.3, 0.4) is 0 Å². The average Bonchev–Trinajstić information content (AvgIpc) is 2.21. The number of ether oxygens (including phenoxy) is 1. The van der Waals surface area contributed by atoms with Crippen LogP contribution in [-0.2, 0) is 11.2 Å². The predicted octanol–water partition coefficient (Wildman–Crippen LogP) is 1.91. The lowest BCUT2D eigenvalue weighted by Gasteiger charge is -2.09. The third kappa shape index (κ3) is 4.82. The van der Waals surface area contributed by atoms with Gasteiger partial charge in [0, 0.05) is 6.42 Å². The van der Waals surface area contributed by atoms with E-state index in [1.807, 2.05) is 0 Å². The Morgan fingerprint density at radius 1 is 1.26 bits per heavy atom. The largest absolute Gasteiger partial charge is 0.478 e. The molecule has 0 fully saturated rings. The predicted molar refractivity (Wildman–Crippen MR) is 59.0 cm³/mol. The zero-order valence-corrected chi connectivity index (χ0v) is 10.4. The number of nitrogens with zero attached hydrogens (tertiary/aromatic N) is 2. The number of hydrogen-bond donors (Lipinski definition) is 1. The number of rotatable bonds is 5. The lowest BCUT2D eigenvalue weighted by atomic mass is 10.1. The minimum Gasteiger partial charge on any atom is -0.478 e. The molecular weight excluding hydrogens is 265 g/mol. The van der Waals surface area contributed by atoms with E-state index in [0.29, 0.717) is 0 Å². The average molecular weight is 278 g/mol. The summed E-state index contributed by atoms with van der Waals surface area (Å²) in [6, 6.07) is 0. The number of halogens is 3. The van der Waals surface area contributed by atoms with Crippen molar-refractivity contribution in [1.82, 2.24) is 9.97 Å². The molecule has 5 nitrogen and oxygen atoms in total. The maximum absolute atomic E-state index is 11.8. The van der Waals surface area contributed by atoms with Crippen molar-refractivity contribution in [3.63, 3.8) is 0 Å². The highest BCUT2D eigenvalue weighted by Crippen LogP contribution is 2.15. The molecule has 0 saturated carbocycles. The molecule has 19 heavy (non-hydrogen) atoms. The number of aryl methyl sites for hydroxylation is 2. The molecule has 1 N–H and O–H groups in total. The molecule has 0 bridgehead atoms. The van der Waals surface area contributed by atoms with Crippen LogP contribution in [0.25, 0.3) is 0 Å². The molecule has 8 heteroatoms. The van der Waals surface area contributed by atoms with E-state index in [1.54, 1.807) is 0 Å². The molecule has 0 aliphatic rings. The first kappa shape index (κ1) is 15.4. The minimum absolute atomic E-state index is 0.0139. The van der Waals surface area contributed by atoms with Crippen molar-refractivity contribution in [3.05, 3.63) is 22.8 Å². The second-order valence-electron chi connectivity index (χ2n) is 3.91. The molecule has 0 atom stereocenters. The van der Waals surface area contributed by atoms with Crippen LogP contribution in [0.4, 0.5) is 13.2 Å². The molecule has 1 aromatic heterocycles. The second-order valence-corrected chi connectivity index (χ2v) is 3.91. The zero-order chi connectivity index (χ0) is 14.6. The van der Waals surface area contributed by atoms with Crippen molar-refractivity contribution < 1.29 is 27.8 Å². The smallest absolute Gasteiger partial charge is 0.411 e. The number of carbonyl (C=O) groups is 1. The molecule has 1 rings (SSSR count). The summed E-state index contributed by atoms with van der Waals surface area (Å²) in [4.78, 5) is 18.8. The van der Waals surface area contributed by atoms with Gasteiger partial charge in [-0.1, -0.05) is 0 Å². The zero-order valence-electron chi connectivity index (χ0n) is 10.4. The van der Waals surface area contributed by atoms with Crippen molar-refractivity contribution in [2.75, 3.05) is 13.2 Å². The van der Waals surface area contributed by atoms with Crippen molar-refractivity contribution in [2.24, 2.45) is 0 Å². The molecule has 0 amide bonds. The van der Waals surface area contributed by atoms with E-state index in [4.69, 9.17) is 5.11 Å². The number of carboxylic acid groups (broad SMARTS) is 1. The Bertz CT molecular complexity index is 452. The lowest BCUT2D eigenvalue weighted by Crippen LogP contribution is -2.18. The van der Waals surface area contributed by atoms with Crippen LogP contribution >= 0.6 is 0 Å². The standard InChI is InChI=1S/C11H13F3N2O3/c1-6-9(10(17)18)7(2)16-8(15-6)3-4-19-5-11(12,13)14/h3-5H2,1-2H3,(H,17,18). The fourth-order valence-corrected chi connectivity index (χ4v) is 1.56. The number of aromatic nitrogens is 2. The molecule has 0 spiro atoms. The van der Waals surface area contributed by atoms with Gasteiger partial charge in [-0.25, -0.2) is 14.8 Å². The van der Waals surface area contributed by atoms with E-state index in [2.05, 4.69) is 14.7 Å². The van der Waals surface area contributed by atoms with Crippen LogP contribution in [0.2, 0.25) is 0 Å². The third-order valence-corrected chi connectivity index (χ3v) is 2.27. The minimum atomic E-state index is -4.36. The van der Waals surface area contributed by atoms with E-state index in [9.17, 15) is 18.0 Å². The van der Waals surface area contributed by atoms with Crippen LogP contribution in [0, 0.1) is 13.8 Å². The first-order chi connectivity index (χ1) is 8.70. The lowest BCUT2D eigenvalue weighted by molar-refractivity contribution is -0.173. The summed E-state index contributed by atoms with van der Waals surface area (Å²) >= 11 is 0. The summed E-state index contributed by atoms with van der Waals surface area (Å²) in [5.41, 5.74) is 0.580. The van der Waals surface area contributed by atoms with Crippen molar-refractivity contribution in [2.45, 2.75) is 26.4 Å². The van der Waals surface area contributed by atoms with Crippen LogP contribution in [-0.4, -0.2) is 40.4 Å². The number of hydrogen-bond acceptors (Lipinski definition) is 4. The van der Waals surface area contributed by atoms with E-state index < -0.39 is 18.8 Å². The third-order valence-electron chi connectivity index (χ3n) is 2.27. The Balaban J connectivity index is 2.64. The molecule has 0 saturated heterocycles. The monoisotopic (exact) mass is 278 g/mol. The van der Waals surface area contributed by atoms with Crippen molar-refractivity contribution in [3.8, 4) is 0 Å². The Morgan fingerprint density at radius 2 is 1.79 bits per heavy atom. The highest BCUT2D eigenvalue weighted by molar-refractivity contribution is 5.89. The number of aromatic carboxylic acids is 1. The normalized spacial score (nSPS) is 11.6. The van der Waals surface area contributed by atoms with Crippen LogP contribution in [0.1, 0.15) is 27.6 Å². The first-order valence-electron chi connectivity index (χ1n) is 5.42. The fourth-order valence-electron chi connectivity index (χ4n) is 1.56. The van der Waals surface area contributed by atoms with E-state index in [1.165, 1.54) is 13.8 Å². The summed E-state index contributed by atoms with van der Waals surface area (Å²) in [5.74, 6) is -0.864. The van der Waals surface area contributed by atoms with E-state index in [-0.39, 0.29) is 35.8 Å². The van der Waals surface area contributed by atoms with Gasteiger partial charge in [0.15, 0.2) is 0 Å². The molecule has 106 valence electrons. The van der Waals surface area contributed by atoms with Gasteiger partial charge < -0.3 is 9.84 Å². The molecule has 1 heterocycles. The highest BCUT2D eigenvalue weighted by atomic mass is 19.4. The Labute approximate surface area is 107 Å². The summed E-state index contributed by atoms with van der Waals surface area (Å²) in [6.45, 7) is 1.53. The summed E-state index contributed by atoms with van der Waals surface area (Å²) in [7, 11) is 0. The summed E-state index contributed by atoms with van der Waals surface area (Å²) in [5, 5.41) is 8.91. The Morgan fingerprint density at radius 3 is 2.21 bits per heavy atom. The van der Waals surface area contributed by atoms with Gasteiger partial charge >= 0.3 is 12.1 Å². The van der Waals surface area contributed by atoms with Gasteiger partial charge in [-0.2, -0.15) is 13.2 Å². The topological polar surface area (TPSA) is 72.3 Å². The quantitative estimate of drug-likeness (QED) is 0.833. The second kappa shape index (κ2) is 5.96. The molecule has 0 unspecified atom stereocenters. The Kier molecular flexibility index (Phi) is 4.82. The van der Waals surface area contributed by atoms with Gasteiger partial charge in [-0.05, 0) is 13.8 Å². The molecule has 0 radical (unpaired) electrons. The molecule has 1 aromatic rings. The summed E-state index contributed by atoms with van der Waals surface area (Å²) < 4.78 is 39.9. The fraction of sp³-hybridized carbons (Fsp3) is 0.545. The van der Waals surface area contributed by atoms with Crippen LogP contribution in [0.5, 0.6) is 0 Å². The van der Waals surface area contributed by atoms with Gasteiger partial charge in [-0.3, -0.25) is 0 Å². The van der Waals surface area contributed by atoms with Crippen LogP contribution in [0.15, 0.2) is 0 Å². The molecule has 0 aliphatic carbocycles. The van der Waals surface area contributed by atoms with Gasteiger partial charge in [0.2, 0.25) is 0 Å². The maximum atomic E-state index is 11.8. The highest BCUT2D eigenvalue weighted by Gasteiger charge is 2.27. The molecular formula is C11H13F3N2O3. The van der Waals surface area contributed by atoms with Gasteiger partial charge in [0.25, 0.3) is 0 Å². The van der Waals surface area contributed by atoms with Gasteiger partial charge in [0.05, 0.1) is 18.0 Å². The maximum Gasteiger partial charge on any atom is 0.411 e. The SMILES string of the molecule is Cc1nc(CCOCC(F)(F)F)nc(C)c1C(=O)O. The number of carboxylic acids is 1.